The number of amides is 2. The Kier molecular flexibility index (Phi) is 5.14. The molecule has 7 heteroatoms. The summed E-state index contributed by atoms with van der Waals surface area (Å²) in [6.45, 7) is 2.18. The van der Waals surface area contributed by atoms with Gasteiger partial charge in [0.2, 0.25) is 5.89 Å². The molecule has 0 aliphatic heterocycles. The van der Waals surface area contributed by atoms with E-state index in [1.165, 1.54) is 19.1 Å². The Bertz CT molecular complexity index is 899. The number of carbonyl (C=O) groups is 1. The monoisotopic (exact) mass is 380 g/mol. The van der Waals surface area contributed by atoms with Gasteiger partial charge < -0.3 is 14.3 Å². The highest BCUT2D eigenvalue weighted by molar-refractivity contribution is 5.88. The number of aromatic nitrogens is 2. The van der Waals surface area contributed by atoms with Crippen molar-refractivity contribution in [2.75, 3.05) is 5.32 Å². The maximum atomic E-state index is 12.5. The molecule has 28 heavy (non-hydrogen) atoms. The van der Waals surface area contributed by atoms with Crippen molar-refractivity contribution in [1.29, 1.82) is 0 Å². The molecule has 1 aliphatic rings. The third-order valence-electron chi connectivity index (χ3n) is 5.39. The van der Waals surface area contributed by atoms with E-state index in [0.29, 0.717) is 18.1 Å². The molecule has 2 aromatic heterocycles. The van der Waals surface area contributed by atoms with Crippen LogP contribution >= 0.6 is 0 Å². The summed E-state index contributed by atoms with van der Waals surface area (Å²) in [6, 6.07) is 10.9. The number of nitrogens with zero attached hydrogens (tertiary/aromatic N) is 2. The lowest BCUT2D eigenvalue weighted by atomic mass is 9.86. The molecular weight excluding hydrogens is 356 g/mol. The van der Waals surface area contributed by atoms with Gasteiger partial charge in [-0.3, -0.25) is 5.32 Å². The van der Waals surface area contributed by atoms with Crippen LogP contribution in [-0.4, -0.2) is 16.2 Å². The first-order valence-electron chi connectivity index (χ1n) is 9.60. The highest BCUT2D eigenvalue weighted by Gasteiger charge is 2.34. The lowest BCUT2D eigenvalue weighted by molar-refractivity contribution is 0.245. The average molecular weight is 380 g/mol. The van der Waals surface area contributed by atoms with Crippen molar-refractivity contribution in [3.8, 4) is 0 Å². The summed E-state index contributed by atoms with van der Waals surface area (Å²) < 4.78 is 10.9. The van der Waals surface area contributed by atoms with Gasteiger partial charge in [0.1, 0.15) is 18.1 Å². The van der Waals surface area contributed by atoms with Gasteiger partial charge in [0, 0.05) is 17.9 Å². The predicted molar refractivity (Wildman–Crippen MR) is 104 cm³/mol. The zero-order valence-corrected chi connectivity index (χ0v) is 15.9. The Morgan fingerprint density at radius 1 is 1.25 bits per heavy atom. The number of rotatable bonds is 6. The molecule has 0 radical (unpaired) electrons. The van der Waals surface area contributed by atoms with Gasteiger partial charge in [-0.2, -0.15) is 0 Å². The molecule has 1 aliphatic carbocycles. The fourth-order valence-electron chi connectivity index (χ4n) is 3.79. The maximum absolute atomic E-state index is 12.5. The molecular formula is C21H24N4O3. The van der Waals surface area contributed by atoms with Crippen molar-refractivity contribution in [3.63, 3.8) is 0 Å². The molecule has 2 heterocycles. The summed E-state index contributed by atoms with van der Waals surface area (Å²) in [4.78, 5) is 16.7. The molecule has 1 aromatic carbocycles. The molecule has 0 spiro atoms. The van der Waals surface area contributed by atoms with E-state index in [2.05, 4.69) is 27.7 Å². The smallest absolute Gasteiger partial charge is 0.321 e. The van der Waals surface area contributed by atoms with Gasteiger partial charge >= 0.3 is 6.03 Å². The first kappa shape index (κ1) is 18.3. The van der Waals surface area contributed by atoms with Crippen molar-refractivity contribution >= 4 is 11.8 Å². The molecule has 1 saturated carbocycles. The topological polar surface area (TPSA) is 93.2 Å². The van der Waals surface area contributed by atoms with Crippen LogP contribution in [0.2, 0.25) is 0 Å². The number of nitrogens with one attached hydrogen (secondary N) is 2. The van der Waals surface area contributed by atoms with Gasteiger partial charge in [0.25, 0.3) is 0 Å². The molecule has 3 aromatic rings. The van der Waals surface area contributed by atoms with Crippen LogP contribution in [-0.2, 0) is 11.8 Å². The van der Waals surface area contributed by atoms with Crippen LogP contribution in [0, 0.1) is 0 Å². The Labute approximate surface area is 163 Å². The normalized spacial score (nSPS) is 16.6. The van der Waals surface area contributed by atoms with Crippen LogP contribution in [0.1, 0.15) is 55.9 Å². The maximum Gasteiger partial charge on any atom is 0.321 e. The molecule has 7 nitrogen and oxygen atoms in total. The Hall–Kier alpha value is -3.09. The number of hydrogen-bond acceptors (Lipinski definition) is 5. The highest BCUT2D eigenvalue weighted by Crippen LogP contribution is 2.41. The van der Waals surface area contributed by atoms with Crippen LogP contribution in [0.3, 0.4) is 0 Å². The van der Waals surface area contributed by atoms with Crippen molar-refractivity contribution < 1.29 is 13.7 Å². The van der Waals surface area contributed by atoms with Crippen LogP contribution in [0.5, 0.6) is 0 Å². The third-order valence-corrected chi connectivity index (χ3v) is 5.39. The van der Waals surface area contributed by atoms with Gasteiger partial charge in [0.15, 0.2) is 5.82 Å². The molecule has 0 saturated heterocycles. The summed E-state index contributed by atoms with van der Waals surface area (Å²) in [7, 11) is 0. The number of benzene rings is 1. The lowest BCUT2D eigenvalue weighted by Gasteiger charge is -2.18. The molecule has 2 N–H and O–H groups in total. The van der Waals surface area contributed by atoms with Crippen molar-refractivity contribution in [1.82, 2.24) is 15.5 Å². The van der Waals surface area contributed by atoms with Gasteiger partial charge in [0.05, 0.1) is 6.20 Å². The minimum absolute atomic E-state index is 0.0112. The number of oxazole rings is 1. The highest BCUT2D eigenvalue weighted by atomic mass is 16.5. The number of hydrogen-bond donors (Lipinski definition) is 2. The summed E-state index contributed by atoms with van der Waals surface area (Å²) in [5.74, 6) is 1.69. The quantitative estimate of drug-likeness (QED) is 0.652. The van der Waals surface area contributed by atoms with E-state index in [1.807, 2.05) is 36.4 Å². The Balaban J connectivity index is 1.42. The molecule has 1 fully saturated rings. The molecule has 4 rings (SSSR count). The number of carbonyl (C=O) groups excluding carboxylic acids is 1. The Morgan fingerprint density at radius 3 is 2.75 bits per heavy atom. The van der Waals surface area contributed by atoms with Gasteiger partial charge in [-0.1, -0.05) is 55.3 Å². The molecule has 146 valence electrons. The summed E-state index contributed by atoms with van der Waals surface area (Å²) in [5, 5.41) is 9.69. The number of urea groups is 1. The van der Waals surface area contributed by atoms with Gasteiger partial charge in [-0.25, -0.2) is 9.78 Å². The van der Waals surface area contributed by atoms with Crippen LogP contribution in [0.25, 0.3) is 0 Å². The fourth-order valence-corrected chi connectivity index (χ4v) is 3.79. The molecule has 1 unspecified atom stereocenters. The van der Waals surface area contributed by atoms with Gasteiger partial charge in [-0.05, 0) is 18.4 Å². The van der Waals surface area contributed by atoms with Crippen molar-refractivity contribution in [2.24, 2.45) is 0 Å². The SMILES string of the molecule is CC1(c2cc(NC(=O)NC(Cc3ccccc3)c3ncco3)no2)CCCC1. The predicted octanol–water partition coefficient (Wildman–Crippen LogP) is 4.60. The van der Waals surface area contributed by atoms with E-state index in [1.54, 1.807) is 6.20 Å². The fraction of sp³-hybridized carbons (Fsp3) is 0.381. The van der Waals surface area contributed by atoms with Crippen molar-refractivity contribution in [3.05, 3.63) is 66.1 Å². The zero-order valence-electron chi connectivity index (χ0n) is 15.9. The number of anilines is 1. The lowest BCUT2D eigenvalue weighted by Crippen LogP contribution is -2.34. The standard InChI is InChI=1S/C21H24N4O3/c1-21(9-5-6-10-21)17-14-18(25-28-17)24-20(26)23-16(19-22-11-12-27-19)13-15-7-3-2-4-8-15/h2-4,7-8,11-12,14,16H,5-6,9-10,13H2,1H3,(H2,23,24,25,26). The summed E-state index contributed by atoms with van der Waals surface area (Å²) in [5.41, 5.74) is 1.08. The minimum atomic E-state index is -0.392. The second-order valence-corrected chi connectivity index (χ2v) is 7.56. The van der Waals surface area contributed by atoms with E-state index in [9.17, 15) is 4.79 Å². The van der Waals surface area contributed by atoms with E-state index < -0.39 is 6.04 Å². The van der Waals surface area contributed by atoms with Crippen molar-refractivity contribution in [2.45, 2.75) is 50.5 Å². The minimum Gasteiger partial charge on any atom is -0.447 e. The molecule has 2 amide bonds. The van der Waals surface area contributed by atoms with E-state index in [-0.39, 0.29) is 11.4 Å². The summed E-state index contributed by atoms with van der Waals surface area (Å²) in [6.07, 6.45) is 8.18. The van der Waals surface area contributed by atoms with Crippen LogP contribution in [0.4, 0.5) is 10.6 Å². The Morgan fingerprint density at radius 2 is 2.04 bits per heavy atom. The zero-order chi connectivity index (χ0) is 19.4. The average Bonchev–Trinajstić information content (AvgIpc) is 3.44. The first-order chi connectivity index (χ1) is 13.6. The third kappa shape index (κ3) is 4.08. The van der Waals surface area contributed by atoms with Crippen LogP contribution in [0.15, 0.2) is 57.8 Å². The van der Waals surface area contributed by atoms with E-state index in [0.717, 1.165) is 24.2 Å². The van der Waals surface area contributed by atoms with E-state index in [4.69, 9.17) is 8.94 Å². The molecule has 1 atom stereocenters. The van der Waals surface area contributed by atoms with Gasteiger partial charge in [-0.15, -0.1) is 0 Å². The molecule has 0 bridgehead atoms. The second kappa shape index (κ2) is 7.88. The first-order valence-corrected chi connectivity index (χ1v) is 9.60. The second-order valence-electron chi connectivity index (χ2n) is 7.56. The largest absolute Gasteiger partial charge is 0.447 e. The van der Waals surface area contributed by atoms with Crippen LogP contribution < -0.4 is 10.6 Å². The summed E-state index contributed by atoms with van der Waals surface area (Å²) >= 11 is 0. The van der Waals surface area contributed by atoms with E-state index >= 15 is 0 Å².